The van der Waals surface area contributed by atoms with Crippen molar-refractivity contribution in [2.24, 2.45) is 0 Å². The van der Waals surface area contributed by atoms with Crippen molar-refractivity contribution in [3.63, 3.8) is 0 Å². The number of hydrogen-bond acceptors (Lipinski definition) is 2. The molecular formula is C21H40N2O3. The van der Waals surface area contributed by atoms with Gasteiger partial charge in [-0.05, 0) is 44.9 Å². The molecule has 0 saturated carbocycles. The highest BCUT2D eigenvalue weighted by Gasteiger charge is 2.12. The molecule has 0 atom stereocenters. The van der Waals surface area contributed by atoms with E-state index in [0.29, 0.717) is 6.42 Å². The standard InChI is InChI=1S/C21H40N2O3/c1-4-5-15-18-22(2)21(26)23(3)19-16-13-11-9-7-6-8-10-12-14-17-20(24)25/h7,9H,4-6,8,10-19H2,1-3H3,(H,24,25)/b9-7-. The lowest BCUT2D eigenvalue weighted by atomic mass is 10.1. The van der Waals surface area contributed by atoms with Gasteiger partial charge in [-0.1, -0.05) is 44.8 Å². The summed E-state index contributed by atoms with van der Waals surface area (Å²) in [6, 6.07) is 0.125. The second kappa shape index (κ2) is 16.9. The van der Waals surface area contributed by atoms with E-state index in [1.54, 1.807) is 0 Å². The Hall–Kier alpha value is -1.52. The lowest BCUT2D eigenvalue weighted by Gasteiger charge is -2.24. The van der Waals surface area contributed by atoms with Crippen molar-refractivity contribution in [3.05, 3.63) is 12.2 Å². The van der Waals surface area contributed by atoms with Crippen LogP contribution in [0.1, 0.15) is 84.0 Å². The van der Waals surface area contributed by atoms with Crippen molar-refractivity contribution in [1.82, 2.24) is 9.80 Å². The summed E-state index contributed by atoms with van der Waals surface area (Å²) in [6.45, 7) is 3.83. The Morgan fingerprint density at radius 1 is 0.769 bits per heavy atom. The predicted octanol–water partition coefficient (Wildman–Crippen LogP) is 5.31. The van der Waals surface area contributed by atoms with E-state index in [1.807, 2.05) is 23.9 Å². The number of rotatable bonds is 16. The molecule has 5 heteroatoms. The Bertz CT molecular complexity index is 397. The molecule has 0 spiro atoms. The minimum Gasteiger partial charge on any atom is -0.481 e. The first-order valence-electron chi connectivity index (χ1n) is 10.3. The third-order valence-corrected chi connectivity index (χ3v) is 4.54. The Morgan fingerprint density at radius 3 is 1.81 bits per heavy atom. The van der Waals surface area contributed by atoms with E-state index in [9.17, 15) is 9.59 Å². The third-order valence-electron chi connectivity index (χ3n) is 4.54. The predicted molar refractivity (Wildman–Crippen MR) is 109 cm³/mol. The van der Waals surface area contributed by atoms with E-state index in [-0.39, 0.29) is 6.03 Å². The highest BCUT2D eigenvalue weighted by Crippen LogP contribution is 2.07. The van der Waals surface area contributed by atoms with Crippen LogP contribution in [0.25, 0.3) is 0 Å². The van der Waals surface area contributed by atoms with Crippen LogP contribution in [0.15, 0.2) is 12.2 Å². The van der Waals surface area contributed by atoms with Gasteiger partial charge in [0.05, 0.1) is 0 Å². The van der Waals surface area contributed by atoms with Crippen molar-refractivity contribution < 1.29 is 14.7 Å². The van der Waals surface area contributed by atoms with Crippen LogP contribution < -0.4 is 0 Å². The number of unbranched alkanes of at least 4 members (excludes halogenated alkanes) is 8. The number of nitrogens with zero attached hydrogens (tertiary/aromatic N) is 2. The first-order valence-corrected chi connectivity index (χ1v) is 10.3. The normalized spacial score (nSPS) is 11.0. The maximum Gasteiger partial charge on any atom is 0.319 e. The van der Waals surface area contributed by atoms with E-state index in [4.69, 9.17) is 5.11 Å². The zero-order valence-corrected chi connectivity index (χ0v) is 17.2. The van der Waals surface area contributed by atoms with E-state index in [1.165, 1.54) is 12.8 Å². The summed E-state index contributed by atoms with van der Waals surface area (Å²) in [7, 11) is 3.78. The fourth-order valence-electron chi connectivity index (χ4n) is 2.82. The molecule has 0 aliphatic carbocycles. The average molecular weight is 369 g/mol. The monoisotopic (exact) mass is 368 g/mol. The highest BCUT2D eigenvalue weighted by atomic mass is 16.4. The minimum atomic E-state index is -0.694. The molecule has 0 aromatic rings. The summed E-state index contributed by atoms with van der Waals surface area (Å²) >= 11 is 0. The second-order valence-electron chi connectivity index (χ2n) is 7.15. The number of hydrogen-bond donors (Lipinski definition) is 1. The summed E-state index contributed by atoms with van der Waals surface area (Å²) in [6.07, 6.45) is 16.5. The molecular weight excluding hydrogens is 328 g/mol. The van der Waals surface area contributed by atoms with Gasteiger partial charge in [-0.2, -0.15) is 0 Å². The maximum atomic E-state index is 12.2. The number of amides is 2. The van der Waals surface area contributed by atoms with Gasteiger partial charge in [-0.3, -0.25) is 4.79 Å². The number of carbonyl (C=O) groups excluding carboxylic acids is 1. The van der Waals surface area contributed by atoms with Crippen molar-refractivity contribution in [1.29, 1.82) is 0 Å². The Labute approximate surface area is 160 Å². The molecule has 152 valence electrons. The van der Waals surface area contributed by atoms with E-state index >= 15 is 0 Å². The van der Waals surface area contributed by atoms with E-state index < -0.39 is 5.97 Å². The van der Waals surface area contributed by atoms with Crippen molar-refractivity contribution in [2.75, 3.05) is 27.2 Å². The largest absolute Gasteiger partial charge is 0.481 e. The fourth-order valence-corrected chi connectivity index (χ4v) is 2.82. The molecule has 0 rings (SSSR count). The molecule has 0 unspecified atom stereocenters. The fraction of sp³-hybridized carbons (Fsp3) is 0.810. The van der Waals surface area contributed by atoms with Gasteiger partial charge < -0.3 is 14.9 Å². The van der Waals surface area contributed by atoms with Crippen LogP contribution in [0.5, 0.6) is 0 Å². The lowest BCUT2D eigenvalue weighted by Crippen LogP contribution is -2.39. The van der Waals surface area contributed by atoms with Gasteiger partial charge in [-0.15, -0.1) is 0 Å². The zero-order chi connectivity index (χ0) is 19.6. The molecule has 0 fully saturated rings. The number of carboxylic acid groups (broad SMARTS) is 1. The number of carbonyl (C=O) groups is 2. The molecule has 0 aliphatic heterocycles. The SMILES string of the molecule is CCCCCN(C)C(=O)N(C)CCCC/C=C\CCCCCCC(=O)O. The average Bonchev–Trinajstić information content (AvgIpc) is 2.61. The number of urea groups is 1. The Morgan fingerprint density at radius 2 is 1.27 bits per heavy atom. The quantitative estimate of drug-likeness (QED) is 0.296. The van der Waals surface area contributed by atoms with Crippen LogP contribution in [0, 0.1) is 0 Å². The van der Waals surface area contributed by atoms with Crippen LogP contribution in [-0.4, -0.2) is 54.1 Å². The third kappa shape index (κ3) is 14.8. The lowest BCUT2D eigenvalue weighted by molar-refractivity contribution is -0.137. The van der Waals surface area contributed by atoms with Gasteiger partial charge in [0.2, 0.25) is 0 Å². The van der Waals surface area contributed by atoms with Gasteiger partial charge in [0, 0.05) is 33.6 Å². The minimum absolute atomic E-state index is 0.125. The van der Waals surface area contributed by atoms with Gasteiger partial charge in [0.15, 0.2) is 0 Å². The number of allylic oxidation sites excluding steroid dienone is 2. The summed E-state index contributed by atoms with van der Waals surface area (Å²) in [5.41, 5.74) is 0. The van der Waals surface area contributed by atoms with Crippen molar-refractivity contribution in [3.8, 4) is 0 Å². The Balaban J connectivity index is 3.55. The first-order chi connectivity index (χ1) is 12.5. The van der Waals surface area contributed by atoms with Gasteiger partial charge in [0.1, 0.15) is 0 Å². The van der Waals surface area contributed by atoms with Crippen LogP contribution >= 0.6 is 0 Å². The van der Waals surface area contributed by atoms with Crippen LogP contribution in [-0.2, 0) is 4.79 Å². The molecule has 0 heterocycles. The zero-order valence-electron chi connectivity index (χ0n) is 17.2. The first kappa shape index (κ1) is 24.5. The maximum absolute atomic E-state index is 12.2. The molecule has 1 N–H and O–H groups in total. The molecule has 0 aromatic heterocycles. The molecule has 0 aliphatic rings. The molecule has 0 saturated heterocycles. The second-order valence-corrected chi connectivity index (χ2v) is 7.15. The number of aliphatic carboxylic acids is 1. The van der Waals surface area contributed by atoms with Gasteiger partial charge in [-0.25, -0.2) is 4.79 Å². The van der Waals surface area contributed by atoms with E-state index in [0.717, 1.165) is 70.9 Å². The van der Waals surface area contributed by atoms with Crippen molar-refractivity contribution in [2.45, 2.75) is 84.0 Å². The summed E-state index contributed by atoms with van der Waals surface area (Å²) < 4.78 is 0. The van der Waals surface area contributed by atoms with Crippen LogP contribution in [0.3, 0.4) is 0 Å². The van der Waals surface area contributed by atoms with Gasteiger partial charge >= 0.3 is 12.0 Å². The molecule has 26 heavy (non-hydrogen) atoms. The van der Waals surface area contributed by atoms with Crippen molar-refractivity contribution >= 4 is 12.0 Å². The topological polar surface area (TPSA) is 60.9 Å². The van der Waals surface area contributed by atoms with Crippen LogP contribution in [0.4, 0.5) is 4.79 Å². The summed E-state index contributed by atoms with van der Waals surface area (Å²) in [4.78, 5) is 26.2. The molecule has 0 radical (unpaired) electrons. The van der Waals surface area contributed by atoms with Crippen LogP contribution in [0.2, 0.25) is 0 Å². The molecule has 2 amide bonds. The molecule has 5 nitrogen and oxygen atoms in total. The summed E-state index contributed by atoms with van der Waals surface area (Å²) in [5.74, 6) is -0.694. The molecule has 0 aromatic carbocycles. The van der Waals surface area contributed by atoms with Gasteiger partial charge in [0.25, 0.3) is 0 Å². The smallest absolute Gasteiger partial charge is 0.319 e. The van der Waals surface area contributed by atoms with E-state index in [2.05, 4.69) is 19.1 Å². The summed E-state index contributed by atoms with van der Waals surface area (Å²) in [5, 5.41) is 8.56. The highest BCUT2D eigenvalue weighted by molar-refractivity contribution is 5.73. The molecule has 0 bridgehead atoms. The number of carboxylic acids is 1. The Kier molecular flexibility index (Phi) is 15.9.